The molecule has 0 atom stereocenters. The molecule has 0 unspecified atom stereocenters. The summed E-state index contributed by atoms with van der Waals surface area (Å²) < 4.78 is 13.0. The van der Waals surface area contributed by atoms with Gasteiger partial charge in [-0.1, -0.05) is 11.6 Å². The molecular formula is C14H12ClFN2O. The maximum atomic E-state index is 13.0. The zero-order valence-corrected chi connectivity index (χ0v) is 11.3. The summed E-state index contributed by atoms with van der Waals surface area (Å²) in [7, 11) is 0. The molecule has 0 aliphatic rings. The molecule has 0 aliphatic carbocycles. The van der Waals surface area contributed by atoms with Crippen molar-refractivity contribution in [1.29, 1.82) is 0 Å². The quantitative estimate of drug-likeness (QED) is 0.850. The summed E-state index contributed by atoms with van der Waals surface area (Å²) in [5, 5.41) is 2.98. The summed E-state index contributed by atoms with van der Waals surface area (Å²) in [6.07, 6.45) is 0. The van der Waals surface area contributed by atoms with Crippen LogP contribution in [0.25, 0.3) is 0 Å². The number of amides is 1. The van der Waals surface area contributed by atoms with E-state index >= 15 is 0 Å². The topological polar surface area (TPSA) is 42.0 Å². The molecule has 1 aromatic heterocycles. The number of pyridine rings is 1. The number of nitrogens with zero attached hydrogens (tertiary/aromatic N) is 1. The Morgan fingerprint density at radius 3 is 2.63 bits per heavy atom. The van der Waals surface area contributed by atoms with Crippen LogP contribution in [-0.2, 0) is 0 Å². The molecule has 19 heavy (non-hydrogen) atoms. The van der Waals surface area contributed by atoms with E-state index in [2.05, 4.69) is 10.3 Å². The number of aromatic nitrogens is 1. The van der Waals surface area contributed by atoms with Gasteiger partial charge in [-0.25, -0.2) is 9.37 Å². The normalized spacial score (nSPS) is 10.3. The van der Waals surface area contributed by atoms with Crippen molar-refractivity contribution in [3.8, 4) is 0 Å². The summed E-state index contributed by atoms with van der Waals surface area (Å²) in [5.74, 6) is -0.639. The zero-order valence-electron chi connectivity index (χ0n) is 10.5. The molecule has 2 rings (SSSR count). The highest BCUT2D eigenvalue weighted by Crippen LogP contribution is 2.18. The van der Waals surface area contributed by atoms with Crippen LogP contribution in [0.5, 0.6) is 0 Å². The lowest BCUT2D eigenvalue weighted by Gasteiger charge is -2.09. The van der Waals surface area contributed by atoms with Gasteiger partial charge in [0.15, 0.2) is 0 Å². The van der Waals surface area contributed by atoms with Gasteiger partial charge in [0.2, 0.25) is 0 Å². The van der Waals surface area contributed by atoms with Crippen LogP contribution in [0.1, 0.15) is 21.6 Å². The SMILES string of the molecule is Cc1cc(C(=O)Nc2ccc(F)cc2C)cc(Cl)n1. The van der Waals surface area contributed by atoms with Crippen LogP contribution in [0.4, 0.5) is 10.1 Å². The molecule has 0 bridgehead atoms. The zero-order chi connectivity index (χ0) is 14.0. The lowest BCUT2D eigenvalue weighted by atomic mass is 10.1. The number of hydrogen-bond acceptors (Lipinski definition) is 2. The van der Waals surface area contributed by atoms with Crippen molar-refractivity contribution in [2.24, 2.45) is 0 Å². The first-order valence-corrected chi connectivity index (χ1v) is 6.05. The molecule has 1 heterocycles. The van der Waals surface area contributed by atoms with E-state index in [4.69, 9.17) is 11.6 Å². The third kappa shape index (κ3) is 3.29. The minimum Gasteiger partial charge on any atom is -0.322 e. The molecule has 0 radical (unpaired) electrons. The molecule has 0 aliphatic heterocycles. The molecule has 2 aromatic rings. The predicted octanol–water partition coefficient (Wildman–Crippen LogP) is 3.74. The molecule has 3 nitrogen and oxygen atoms in total. The van der Waals surface area contributed by atoms with Crippen LogP contribution in [0, 0.1) is 19.7 Å². The Kier molecular flexibility index (Phi) is 3.81. The highest BCUT2D eigenvalue weighted by atomic mass is 35.5. The lowest BCUT2D eigenvalue weighted by Crippen LogP contribution is -2.13. The summed E-state index contributed by atoms with van der Waals surface area (Å²) >= 11 is 5.81. The molecular weight excluding hydrogens is 267 g/mol. The highest BCUT2D eigenvalue weighted by molar-refractivity contribution is 6.29. The van der Waals surface area contributed by atoms with Gasteiger partial charge < -0.3 is 5.32 Å². The van der Waals surface area contributed by atoms with Gasteiger partial charge in [-0.3, -0.25) is 4.79 Å². The van der Waals surface area contributed by atoms with E-state index in [0.717, 1.165) is 0 Å². The number of nitrogens with one attached hydrogen (secondary N) is 1. The molecule has 0 spiro atoms. The summed E-state index contributed by atoms with van der Waals surface area (Å²) in [6, 6.07) is 7.31. The lowest BCUT2D eigenvalue weighted by molar-refractivity contribution is 0.102. The number of carbonyl (C=O) groups excluding carboxylic acids is 1. The Bertz CT molecular complexity index is 623. The van der Waals surface area contributed by atoms with Crippen molar-refractivity contribution >= 4 is 23.2 Å². The van der Waals surface area contributed by atoms with E-state index in [9.17, 15) is 9.18 Å². The largest absolute Gasteiger partial charge is 0.322 e. The monoisotopic (exact) mass is 278 g/mol. The van der Waals surface area contributed by atoms with Gasteiger partial charge in [0, 0.05) is 16.9 Å². The number of anilines is 1. The molecule has 98 valence electrons. The Balaban J connectivity index is 2.25. The van der Waals surface area contributed by atoms with Crippen LogP contribution in [-0.4, -0.2) is 10.9 Å². The molecule has 5 heteroatoms. The van der Waals surface area contributed by atoms with E-state index in [1.165, 1.54) is 24.3 Å². The van der Waals surface area contributed by atoms with Crippen LogP contribution < -0.4 is 5.32 Å². The van der Waals surface area contributed by atoms with E-state index in [0.29, 0.717) is 22.5 Å². The fraction of sp³-hybridized carbons (Fsp3) is 0.143. The number of carbonyl (C=O) groups is 1. The average Bonchev–Trinajstić information content (AvgIpc) is 2.31. The van der Waals surface area contributed by atoms with E-state index in [1.807, 2.05) is 0 Å². The molecule has 0 saturated carbocycles. The minimum absolute atomic E-state index is 0.265. The second kappa shape index (κ2) is 5.36. The highest BCUT2D eigenvalue weighted by Gasteiger charge is 2.10. The van der Waals surface area contributed by atoms with E-state index in [1.54, 1.807) is 19.9 Å². The van der Waals surface area contributed by atoms with Gasteiger partial charge in [0.1, 0.15) is 11.0 Å². The summed E-state index contributed by atoms with van der Waals surface area (Å²) in [5.41, 5.74) is 2.30. The first kappa shape index (κ1) is 13.5. The van der Waals surface area contributed by atoms with Crippen molar-refractivity contribution < 1.29 is 9.18 Å². The van der Waals surface area contributed by atoms with Crippen molar-refractivity contribution in [2.45, 2.75) is 13.8 Å². The first-order chi connectivity index (χ1) is 8.95. The van der Waals surface area contributed by atoms with Gasteiger partial charge in [0.25, 0.3) is 5.91 Å². The van der Waals surface area contributed by atoms with Crippen LogP contribution in [0.15, 0.2) is 30.3 Å². The number of hydrogen-bond donors (Lipinski definition) is 1. The summed E-state index contributed by atoms with van der Waals surface area (Å²) in [4.78, 5) is 16.1. The first-order valence-electron chi connectivity index (χ1n) is 5.67. The van der Waals surface area contributed by atoms with Crippen molar-refractivity contribution in [1.82, 2.24) is 4.98 Å². The number of benzene rings is 1. The molecule has 1 N–H and O–H groups in total. The Labute approximate surface area is 115 Å². The fourth-order valence-electron chi connectivity index (χ4n) is 1.72. The average molecular weight is 279 g/mol. The minimum atomic E-state index is -0.335. The Hall–Kier alpha value is -1.94. The molecule has 0 fully saturated rings. The number of rotatable bonds is 2. The third-order valence-electron chi connectivity index (χ3n) is 2.62. The van der Waals surface area contributed by atoms with Gasteiger partial charge in [0.05, 0.1) is 0 Å². The summed E-state index contributed by atoms with van der Waals surface area (Å²) in [6.45, 7) is 3.48. The van der Waals surface area contributed by atoms with E-state index in [-0.39, 0.29) is 16.9 Å². The van der Waals surface area contributed by atoms with Gasteiger partial charge in [-0.2, -0.15) is 0 Å². The Morgan fingerprint density at radius 2 is 2.00 bits per heavy atom. The van der Waals surface area contributed by atoms with Gasteiger partial charge in [-0.15, -0.1) is 0 Å². The number of halogens is 2. The van der Waals surface area contributed by atoms with Gasteiger partial charge in [-0.05, 0) is 49.7 Å². The van der Waals surface area contributed by atoms with Gasteiger partial charge >= 0.3 is 0 Å². The standard InChI is InChI=1S/C14H12ClFN2O/c1-8-5-11(16)3-4-12(8)18-14(19)10-6-9(2)17-13(15)7-10/h3-7H,1-2H3,(H,18,19). The van der Waals surface area contributed by atoms with Crippen LogP contribution >= 0.6 is 11.6 Å². The molecule has 1 amide bonds. The maximum Gasteiger partial charge on any atom is 0.255 e. The fourth-order valence-corrected chi connectivity index (χ4v) is 1.97. The molecule has 0 saturated heterocycles. The van der Waals surface area contributed by atoms with Crippen molar-refractivity contribution in [3.05, 3.63) is 58.1 Å². The molecule has 1 aromatic carbocycles. The number of aryl methyl sites for hydroxylation is 2. The second-order valence-electron chi connectivity index (χ2n) is 4.23. The van der Waals surface area contributed by atoms with E-state index < -0.39 is 0 Å². The van der Waals surface area contributed by atoms with Crippen LogP contribution in [0.3, 0.4) is 0 Å². The van der Waals surface area contributed by atoms with Crippen molar-refractivity contribution in [2.75, 3.05) is 5.32 Å². The third-order valence-corrected chi connectivity index (χ3v) is 2.81. The predicted molar refractivity (Wildman–Crippen MR) is 73.1 cm³/mol. The Morgan fingerprint density at radius 1 is 1.26 bits per heavy atom. The smallest absolute Gasteiger partial charge is 0.255 e. The van der Waals surface area contributed by atoms with Crippen LogP contribution in [0.2, 0.25) is 5.15 Å². The second-order valence-corrected chi connectivity index (χ2v) is 4.62. The maximum absolute atomic E-state index is 13.0. The van der Waals surface area contributed by atoms with Crippen molar-refractivity contribution in [3.63, 3.8) is 0 Å².